The van der Waals surface area contributed by atoms with Gasteiger partial charge in [0.1, 0.15) is 0 Å². The van der Waals surface area contributed by atoms with Crippen LogP contribution in [0.5, 0.6) is 0 Å². The summed E-state index contributed by atoms with van der Waals surface area (Å²) in [6, 6.07) is 7.25. The van der Waals surface area contributed by atoms with Gasteiger partial charge in [-0.1, -0.05) is 6.07 Å². The highest BCUT2D eigenvalue weighted by atomic mass is 32.2. The Labute approximate surface area is 119 Å². The molecule has 0 amide bonds. The van der Waals surface area contributed by atoms with E-state index in [1.165, 1.54) is 4.31 Å². The third-order valence-corrected chi connectivity index (χ3v) is 6.17. The van der Waals surface area contributed by atoms with Crippen molar-refractivity contribution in [1.29, 1.82) is 0 Å². The molecule has 0 saturated carbocycles. The van der Waals surface area contributed by atoms with Crippen molar-refractivity contribution in [3.05, 3.63) is 24.3 Å². The maximum Gasteiger partial charge on any atom is 0.243 e. The Hall–Kier alpha value is -0.560. The molecule has 1 fully saturated rings. The lowest BCUT2D eigenvalue weighted by molar-refractivity contribution is 0.296. The number of piperidine rings is 1. The Kier molecular flexibility index (Phi) is 4.89. The second-order valence-corrected chi connectivity index (χ2v) is 7.56. The molecular formula is C13H20N2O2S2. The van der Waals surface area contributed by atoms with Crippen LogP contribution in [0, 0.1) is 0 Å². The van der Waals surface area contributed by atoms with Gasteiger partial charge in [0, 0.05) is 18.0 Å². The van der Waals surface area contributed by atoms with Crippen molar-refractivity contribution in [3.63, 3.8) is 0 Å². The Morgan fingerprint density at radius 1 is 1.32 bits per heavy atom. The number of sulfonamides is 1. The average molecular weight is 300 g/mol. The van der Waals surface area contributed by atoms with Gasteiger partial charge in [-0.05, 0) is 50.4 Å². The predicted molar refractivity (Wildman–Crippen MR) is 79.1 cm³/mol. The van der Waals surface area contributed by atoms with E-state index in [0.29, 0.717) is 4.90 Å². The number of hydrogen-bond donors (Lipinski definition) is 1. The van der Waals surface area contributed by atoms with Gasteiger partial charge in [-0.15, -0.1) is 11.8 Å². The first-order valence-corrected chi connectivity index (χ1v) is 9.05. The SMILES string of the molecule is CSc1cccc(S(=O)(=O)N(C)C2CCNCC2)c1. The molecule has 4 nitrogen and oxygen atoms in total. The maximum atomic E-state index is 12.6. The normalized spacial score (nSPS) is 17.8. The van der Waals surface area contributed by atoms with Gasteiger partial charge in [-0.2, -0.15) is 4.31 Å². The smallest absolute Gasteiger partial charge is 0.243 e. The maximum absolute atomic E-state index is 12.6. The second-order valence-electron chi connectivity index (χ2n) is 4.68. The lowest BCUT2D eigenvalue weighted by Crippen LogP contribution is -2.43. The molecule has 0 spiro atoms. The van der Waals surface area contributed by atoms with Crippen LogP contribution in [0.15, 0.2) is 34.1 Å². The van der Waals surface area contributed by atoms with Crippen LogP contribution in [-0.4, -0.2) is 45.2 Å². The molecule has 1 saturated heterocycles. The summed E-state index contributed by atoms with van der Waals surface area (Å²) in [4.78, 5) is 1.36. The molecule has 1 aliphatic rings. The van der Waals surface area contributed by atoms with E-state index in [2.05, 4.69) is 5.32 Å². The minimum absolute atomic E-state index is 0.101. The Bertz CT molecular complexity index is 525. The number of thioether (sulfide) groups is 1. The summed E-state index contributed by atoms with van der Waals surface area (Å²) in [5, 5.41) is 3.25. The standard InChI is InChI=1S/C13H20N2O2S2/c1-15(11-6-8-14-9-7-11)19(16,17)13-5-3-4-12(10-13)18-2/h3-5,10-11,14H,6-9H2,1-2H3. The molecule has 0 bridgehead atoms. The lowest BCUT2D eigenvalue weighted by Gasteiger charge is -2.30. The van der Waals surface area contributed by atoms with Gasteiger partial charge in [-0.3, -0.25) is 0 Å². The molecule has 2 rings (SSSR count). The van der Waals surface area contributed by atoms with Gasteiger partial charge in [0.15, 0.2) is 0 Å². The molecule has 0 atom stereocenters. The third-order valence-electron chi connectivity index (χ3n) is 3.54. The third kappa shape index (κ3) is 3.31. The van der Waals surface area contributed by atoms with Gasteiger partial charge in [0.25, 0.3) is 0 Å². The Morgan fingerprint density at radius 2 is 2.00 bits per heavy atom. The zero-order chi connectivity index (χ0) is 13.9. The van der Waals surface area contributed by atoms with E-state index < -0.39 is 10.0 Å². The number of hydrogen-bond acceptors (Lipinski definition) is 4. The number of nitrogens with one attached hydrogen (secondary N) is 1. The number of nitrogens with zero attached hydrogens (tertiary/aromatic N) is 1. The van der Waals surface area contributed by atoms with Crippen molar-refractivity contribution in [3.8, 4) is 0 Å². The van der Waals surface area contributed by atoms with Crippen molar-refractivity contribution < 1.29 is 8.42 Å². The van der Waals surface area contributed by atoms with Crippen LogP contribution in [-0.2, 0) is 10.0 Å². The van der Waals surface area contributed by atoms with Crippen molar-refractivity contribution in [2.75, 3.05) is 26.4 Å². The van der Waals surface area contributed by atoms with Crippen LogP contribution in [0.25, 0.3) is 0 Å². The van der Waals surface area contributed by atoms with Crippen LogP contribution < -0.4 is 5.32 Å². The molecular weight excluding hydrogens is 280 g/mol. The Morgan fingerprint density at radius 3 is 2.63 bits per heavy atom. The molecule has 106 valence electrons. The monoisotopic (exact) mass is 300 g/mol. The fourth-order valence-electron chi connectivity index (χ4n) is 2.29. The summed E-state index contributed by atoms with van der Waals surface area (Å²) in [7, 11) is -1.69. The van der Waals surface area contributed by atoms with Gasteiger partial charge in [-0.25, -0.2) is 8.42 Å². The largest absolute Gasteiger partial charge is 0.317 e. The zero-order valence-corrected chi connectivity index (χ0v) is 12.9. The zero-order valence-electron chi connectivity index (χ0n) is 11.3. The molecule has 0 radical (unpaired) electrons. The highest BCUT2D eigenvalue weighted by Crippen LogP contribution is 2.24. The Balaban J connectivity index is 2.24. The molecule has 1 aliphatic heterocycles. The number of rotatable bonds is 4. The van der Waals surface area contributed by atoms with E-state index in [9.17, 15) is 8.42 Å². The molecule has 1 aromatic carbocycles. The molecule has 1 N–H and O–H groups in total. The summed E-state index contributed by atoms with van der Waals surface area (Å²) in [5.41, 5.74) is 0. The molecule has 0 unspecified atom stereocenters. The van der Waals surface area contributed by atoms with E-state index in [1.807, 2.05) is 12.3 Å². The average Bonchev–Trinajstić information content (AvgIpc) is 2.47. The highest BCUT2D eigenvalue weighted by molar-refractivity contribution is 7.98. The number of benzene rings is 1. The van der Waals surface area contributed by atoms with Crippen molar-refractivity contribution >= 4 is 21.8 Å². The van der Waals surface area contributed by atoms with E-state index in [0.717, 1.165) is 30.8 Å². The summed E-state index contributed by atoms with van der Waals surface area (Å²) < 4.78 is 26.7. The van der Waals surface area contributed by atoms with Gasteiger partial charge >= 0.3 is 0 Å². The molecule has 0 aliphatic carbocycles. The van der Waals surface area contributed by atoms with Crippen LogP contribution in [0.2, 0.25) is 0 Å². The van der Waals surface area contributed by atoms with E-state index >= 15 is 0 Å². The summed E-state index contributed by atoms with van der Waals surface area (Å²) in [6.07, 6.45) is 3.69. The molecule has 1 heterocycles. The second kappa shape index (κ2) is 6.26. The van der Waals surface area contributed by atoms with Crippen molar-refractivity contribution in [2.24, 2.45) is 0 Å². The molecule has 19 heavy (non-hydrogen) atoms. The van der Waals surface area contributed by atoms with Crippen LogP contribution in [0.1, 0.15) is 12.8 Å². The van der Waals surface area contributed by atoms with Crippen molar-refractivity contribution in [1.82, 2.24) is 9.62 Å². The van der Waals surface area contributed by atoms with Crippen LogP contribution in [0.4, 0.5) is 0 Å². The van der Waals surface area contributed by atoms with E-state index in [-0.39, 0.29) is 6.04 Å². The van der Waals surface area contributed by atoms with Gasteiger partial charge < -0.3 is 5.32 Å². The summed E-state index contributed by atoms with van der Waals surface area (Å²) in [6.45, 7) is 1.77. The van der Waals surface area contributed by atoms with Gasteiger partial charge in [0.2, 0.25) is 10.0 Å². The van der Waals surface area contributed by atoms with Crippen LogP contribution in [0.3, 0.4) is 0 Å². The van der Waals surface area contributed by atoms with Gasteiger partial charge in [0.05, 0.1) is 4.90 Å². The minimum atomic E-state index is -3.38. The first-order valence-electron chi connectivity index (χ1n) is 6.38. The first-order chi connectivity index (χ1) is 9.05. The lowest BCUT2D eigenvalue weighted by atomic mass is 10.1. The van der Waals surface area contributed by atoms with Crippen molar-refractivity contribution in [2.45, 2.75) is 28.7 Å². The topological polar surface area (TPSA) is 49.4 Å². The highest BCUT2D eigenvalue weighted by Gasteiger charge is 2.28. The van der Waals surface area contributed by atoms with E-state index in [4.69, 9.17) is 0 Å². The predicted octanol–water partition coefficient (Wildman–Crippen LogP) is 1.78. The molecule has 0 aromatic heterocycles. The fourth-order valence-corrected chi connectivity index (χ4v) is 4.29. The van der Waals surface area contributed by atoms with E-state index in [1.54, 1.807) is 37.0 Å². The fraction of sp³-hybridized carbons (Fsp3) is 0.538. The molecule has 1 aromatic rings. The summed E-state index contributed by atoms with van der Waals surface area (Å²) in [5.74, 6) is 0. The molecule has 6 heteroatoms. The first kappa shape index (κ1) is 14.8. The van der Waals surface area contributed by atoms with Crippen LogP contribution >= 0.6 is 11.8 Å². The summed E-state index contributed by atoms with van der Waals surface area (Å²) >= 11 is 1.55. The minimum Gasteiger partial charge on any atom is -0.317 e. The quantitative estimate of drug-likeness (QED) is 0.861.